The molecule has 7 heteroatoms. The highest BCUT2D eigenvalue weighted by Gasteiger charge is 2.27. The van der Waals surface area contributed by atoms with Crippen LogP contribution in [0.25, 0.3) is 22.5 Å². The van der Waals surface area contributed by atoms with E-state index in [0.29, 0.717) is 22.9 Å². The van der Waals surface area contributed by atoms with Gasteiger partial charge in [0.1, 0.15) is 5.69 Å². The van der Waals surface area contributed by atoms with Crippen molar-refractivity contribution in [3.05, 3.63) is 36.2 Å². The van der Waals surface area contributed by atoms with Crippen LogP contribution in [0.2, 0.25) is 0 Å². The molecule has 1 saturated heterocycles. The van der Waals surface area contributed by atoms with Gasteiger partial charge in [-0.1, -0.05) is 0 Å². The van der Waals surface area contributed by atoms with Gasteiger partial charge in [-0.05, 0) is 64.4 Å². The van der Waals surface area contributed by atoms with Crippen LogP contribution in [0.4, 0.5) is 0 Å². The van der Waals surface area contributed by atoms with E-state index < -0.39 is 0 Å². The van der Waals surface area contributed by atoms with Gasteiger partial charge in [0.25, 0.3) is 5.91 Å². The standard InChI is InChI=1S/C21H27N5O2/c1-14(2)26-20-17(12-23-26)16(10-18(24-20)19-7-5-9-28-19)21(27)25-8-4-6-15(13-25)11-22-3/h5,7,9-10,12,14-15,22H,4,6,8,11,13H2,1-3H3. The number of amides is 1. The quantitative estimate of drug-likeness (QED) is 0.733. The van der Waals surface area contributed by atoms with Gasteiger partial charge in [-0.15, -0.1) is 0 Å². The Balaban J connectivity index is 1.78. The van der Waals surface area contributed by atoms with Crippen molar-refractivity contribution in [3.8, 4) is 11.5 Å². The van der Waals surface area contributed by atoms with E-state index in [2.05, 4.69) is 24.3 Å². The van der Waals surface area contributed by atoms with Gasteiger partial charge in [0.15, 0.2) is 11.4 Å². The molecule has 1 N–H and O–H groups in total. The lowest BCUT2D eigenvalue weighted by Crippen LogP contribution is -2.42. The Labute approximate surface area is 164 Å². The zero-order valence-corrected chi connectivity index (χ0v) is 16.7. The van der Waals surface area contributed by atoms with E-state index in [9.17, 15) is 4.79 Å². The molecule has 0 saturated carbocycles. The summed E-state index contributed by atoms with van der Waals surface area (Å²) in [4.78, 5) is 20.2. The molecular formula is C21H27N5O2. The van der Waals surface area contributed by atoms with Gasteiger partial charge in [0, 0.05) is 19.1 Å². The number of hydrogen-bond donors (Lipinski definition) is 1. The summed E-state index contributed by atoms with van der Waals surface area (Å²) >= 11 is 0. The molecule has 0 aliphatic carbocycles. The maximum Gasteiger partial charge on any atom is 0.254 e. The van der Waals surface area contributed by atoms with Crippen LogP contribution in [-0.4, -0.2) is 52.3 Å². The van der Waals surface area contributed by atoms with E-state index >= 15 is 0 Å². The molecule has 3 aromatic heterocycles. The molecule has 28 heavy (non-hydrogen) atoms. The van der Waals surface area contributed by atoms with Crippen molar-refractivity contribution in [1.29, 1.82) is 0 Å². The van der Waals surface area contributed by atoms with Crippen molar-refractivity contribution in [3.63, 3.8) is 0 Å². The monoisotopic (exact) mass is 381 g/mol. The van der Waals surface area contributed by atoms with Crippen molar-refractivity contribution in [2.24, 2.45) is 5.92 Å². The number of rotatable bonds is 5. The third-order valence-electron chi connectivity index (χ3n) is 5.36. The summed E-state index contributed by atoms with van der Waals surface area (Å²) in [6.07, 6.45) is 5.56. The molecule has 1 aliphatic rings. The molecule has 1 unspecified atom stereocenters. The van der Waals surface area contributed by atoms with Crippen molar-refractivity contribution in [1.82, 2.24) is 25.0 Å². The number of nitrogens with zero attached hydrogens (tertiary/aromatic N) is 4. The summed E-state index contributed by atoms with van der Waals surface area (Å²) in [6.45, 7) is 6.61. The first kappa shape index (κ1) is 18.7. The van der Waals surface area contributed by atoms with E-state index in [1.54, 1.807) is 12.5 Å². The minimum Gasteiger partial charge on any atom is -0.463 e. The fraction of sp³-hybridized carbons (Fsp3) is 0.476. The predicted molar refractivity (Wildman–Crippen MR) is 108 cm³/mol. The Morgan fingerprint density at radius 1 is 1.43 bits per heavy atom. The number of fused-ring (bicyclic) bond motifs is 1. The molecule has 7 nitrogen and oxygen atoms in total. The van der Waals surface area contributed by atoms with E-state index in [-0.39, 0.29) is 11.9 Å². The molecule has 1 aliphatic heterocycles. The molecule has 0 aromatic carbocycles. The number of aromatic nitrogens is 3. The smallest absolute Gasteiger partial charge is 0.254 e. The number of carbonyl (C=O) groups is 1. The highest BCUT2D eigenvalue weighted by molar-refractivity contribution is 6.06. The van der Waals surface area contributed by atoms with E-state index in [1.165, 1.54) is 0 Å². The molecule has 148 valence electrons. The van der Waals surface area contributed by atoms with Crippen LogP contribution in [0.15, 0.2) is 35.1 Å². The Kier molecular flexibility index (Phi) is 5.17. The van der Waals surface area contributed by atoms with Crippen molar-refractivity contribution < 1.29 is 9.21 Å². The maximum atomic E-state index is 13.5. The van der Waals surface area contributed by atoms with E-state index in [0.717, 1.165) is 43.5 Å². The first-order valence-corrected chi connectivity index (χ1v) is 9.94. The topological polar surface area (TPSA) is 76.2 Å². The molecule has 1 atom stereocenters. The predicted octanol–water partition coefficient (Wildman–Crippen LogP) is 3.34. The van der Waals surface area contributed by atoms with Crippen LogP contribution >= 0.6 is 0 Å². The van der Waals surface area contributed by atoms with Crippen LogP contribution in [0.5, 0.6) is 0 Å². The number of hydrogen-bond acceptors (Lipinski definition) is 5. The number of likely N-dealkylation sites (tertiary alicyclic amines) is 1. The third-order valence-corrected chi connectivity index (χ3v) is 5.36. The molecule has 4 rings (SSSR count). The van der Waals surface area contributed by atoms with Gasteiger partial charge in [-0.3, -0.25) is 4.79 Å². The lowest BCUT2D eigenvalue weighted by atomic mass is 9.97. The lowest BCUT2D eigenvalue weighted by molar-refractivity contribution is 0.0676. The Bertz CT molecular complexity index is 959. The van der Waals surface area contributed by atoms with Crippen molar-refractivity contribution in [2.45, 2.75) is 32.7 Å². The second-order valence-corrected chi connectivity index (χ2v) is 7.77. The van der Waals surface area contributed by atoms with Gasteiger partial charge < -0.3 is 14.6 Å². The summed E-state index contributed by atoms with van der Waals surface area (Å²) in [5.41, 5.74) is 2.02. The van der Waals surface area contributed by atoms with Gasteiger partial charge in [-0.2, -0.15) is 5.10 Å². The van der Waals surface area contributed by atoms with Gasteiger partial charge >= 0.3 is 0 Å². The largest absolute Gasteiger partial charge is 0.463 e. The summed E-state index contributed by atoms with van der Waals surface area (Å²) in [5.74, 6) is 1.19. The minimum atomic E-state index is 0.0457. The average molecular weight is 381 g/mol. The zero-order valence-electron chi connectivity index (χ0n) is 16.7. The highest BCUT2D eigenvalue weighted by atomic mass is 16.3. The fourth-order valence-corrected chi connectivity index (χ4v) is 4.00. The number of furan rings is 1. The minimum absolute atomic E-state index is 0.0457. The number of carbonyl (C=O) groups excluding carboxylic acids is 1. The fourth-order valence-electron chi connectivity index (χ4n) is 4.00. The van der Waals surface area contributed by atoms with Gasteiger partial charge in [0.05, 0.1) is 23.4 Å². The molecule has 1 fully saturated rings. The Morgan fingerprint density at radius 2 is 2.29 bits per heavy atom. The van der Waals surface area contributed by atoms with Crippen LogP contribution in [0, 0.1) is 5.92 Å². The maximum absolute atomic E-state index is 13.5. The van der Waals surface area contributed by atoms with E-state index in [1.807, 2.05) is 34.8 Å². The summed E-state index contributed by atoms with van der Waals surface area (Å²) in [7, 11) is 1.96. The van der Waals surface area contributed by atoms with Crippen LogP contribution in [-0.2, 0) is 0 Å². The van der Waals surface area contributed by atoms with Crippen LogP contribution in [0.3, 0.4) is 0 Å². The first-order valence-electron chi connectivity index (χ1n) is 9.94. The molecule has 4 heterocycles. The SMILES string of the molecule is CNCC1CCCN(C(=O)c2cc(-c3ccco3)nc3c2cnn3C(C)C)C1. The Morgan fingerprint density at radius 3 is 3.00 bits per heavy atom. The van der Waals surface area contributed by atoms with Crippen molar-refractivity contribution in [2.75, 3.05) is 26.7 Å². The number of piperidine rings is 1. The average Bonchev–Trinajstić information content (AvgIpc) is 3.37. The normalized spacial score (nSPS) is 17.6. The highest BCUT2D eigenvalue weighted by Crippen LogP contribution is 2.28. The number of pyridine rings is 1. The van der Waals surface area contributed by atoms with E-state index in [4.69, 9.17) is 9.40 Å². The first-order chi connectivity index (χ1) is 13.6. The lowest BCUT2D eigenvalue weighted by Gasteiger charge is -2.33. The number of nitrogens with one attached hydrogen (secondary N) is 1. The molecule has 0 bridgehead atoms. The summed E-state index contributed by atoms with van der Waals surface area (Å²) in [6, 6.07) is 5.68. The van der Waals surface area contributed by atoms with Gasteiger partial charge in [0.2, 0.25) is 0 Å². The summed E-state index contributed by atoms with van der Waals surface area (Å²) in [5, 5.41) is 8.52. The molecule has 3 aromatic rings. The molecule has 1 amide bonds. The summed E-state index contributed by atoms with van der Waals surface area (Å²) < 4.78 is 7.41. The van der Waals surface area contributed by atoms with Crippen molar-refractivity contribution >= 4 is 16.9 Å². The molecule has 0 spiro atoms. The zero-order chi connectivity index (χ0) is 19.7. The molecule has 0 radical (unpaired) electrons. The second-order valence-electron chi connectivity index (χ2n) is 7.77. The second kappa shape index (κ2) is 7.75. The molecular weight excluding hydrogens is 354 g/mol. The van der Waals surface area contributed by atoms with Crippen LogP contribution < -0.4 is 5.32 Å². The third kappa shape index (κ3) is 3.42. The van der Waals surface area contributed by atoms with Gasteiger partial charge in [-0.25, -0.2) is 9.67 Å². The Hall–Kier alpha value is -2.67. The van der Waals surface area contributed by atoms with Crippen LogP contribution in [0.1, 0.15) is 43.1 Å².